The molecule has 0 spiro atoms. The van der Waals surface area contributed by atoms with Crippen molar-refractivity contribution in [3.05, 3.63) is 96.1 Å². The fourth-order valence-corrected chi connectivity index (χ4v) is 3.96. The van der Waals surface area contributed by atoms with Gasteiger partial charge in [-0.3, -0.25) is 9.59 Å². The van der Waals surface area contributed by atoms with Gasteiger partial charge in [0.1, 0.15) is 17.5 Å². The molecule has 3 rings (SSSR count). The Kier molecular flexibility index (Phi) is 10.8. The number of amides is 2. The van der Waals surface area contributed by atoms with Gasteiger partial charge >= 0.3 is 0 Å². The summed E-state index contributed by atoms with van der Waals surface area (Å²) in [5.74, 6) is 1.27. The highest BCUT2D eigenvalue weighted by molar-refractivity contribution is 5.88. The summed E-state index contributed by atoms with van der Waals surface area (Å²) in [4.78, 5) is 28.6. The second-order valence-corrected chi connectivity index (χ2v) is 8.63. The minimum Gasteiger partial charge on any atom is -0.497 e. The standard InChI is InChI=1S/C30H36N2O4/c1-3-19-31-30(34)28(22-24-12-6-4-7-13-24)32(23-25-14-10-17-27(21-25)35-2)29(33)18-11-20-36-26-15-8-5-9-16-26/h4-10,12-17,21,28H,3,11,18-20,22-23H2,1-2H3,(H,31,34). The lowest BCUT2D eigenvalue weighted by Gasteiger charge is -2.31. The van der Waals surface area contributed by atoms with Gasteiger partial charge in [-0.15, -0.1) is 0 Å². The normalized spacial score (nSPS) is 11.4. The van der Waals surface area contributed by atoms with E-state index in [0.717, 1.165) is 23.3 Å². The quantitative estimate of drug-likeness (QED) is 0.324. The number of carbonyl (C=O) groups is 2. The molecule has 0 aliphatic rings. The van der Waals surface area contributed by atoms with Gasteiger partial charge in [0.25, 0.3) is 0 Å². The Morgan fingerprint density at radius 3 is 2.25 bits per heavy atom. The van der Waals surface area contributed by atoms with Crippen LogP contribution in [0.5, 0.6) is 11.5 Å². The lowest BCUT2D eigenvalue weighted by Crippen LogP contribution is -2.50. The molecule has 6 nitrogen and oxygen atoms in total. The van der Waals surface area contributed by atoms with E-state index in [1.807, 2.05) is 91.9 Å². The molecule has 0 bridgehead atoms. The number of hydrogen-bond acceptors (Lipinski definition) is 4. The summed E-state index contributed by atoms with van der Waals surface area (Å²) < 4.78 is 11.2. The van der Waals surface area contributed by atoms with Crippen LogP contribution < -0.4 is 14.8 Å². The molecule has 3 aromatic rings. The zero-order chi connectivity index (χ0) is 25.6. The topological polar surface area (TPSA) is 67.9 Å². The summed E-state index contributed by atoms with van der Waals surface area (Å²) in [5.41, 5.74) is 1.91. The maximum atomic E-state index is 13.6. The van der Waals surface area contributed by atoms with Crippen LogP contribution in [0.1, 0.15) is 37.3 Å². The minimum absolute atomic E-state index is 0.0814. The van der Waals surface area contributed by atoms with Crippen LogP contribution in [0.2, 0.25) is 0 Å². The lowest BCUT2D eigenvalue weighted by molar-refractivity contribution is -0.141. The fourth-order valence-electron chi connectivity index (χ4n) is 3.96. The Labute approximate surface area is 214 Å². The molecule has 1 N–H and O–H groups in total. The molecule has 6 heteroatoms. The number of rotatable bonds is 14. The molecule has 36 heavy (non-hydrogen) atoms. The molecule has 0 aliphatic heterocycles. The van der Waals surface area contributed by atoms with E-state index in [4.69, 9.17) is 9.47 Å². The van der Waals surface area contributed by atoms with Gasteiger partial charge in [-0.1, -0.05) is 67.6 Å². The van der Waals surface area contributed by atoms with E-state index in [9.17, 15) is 9.59 Å². The van der Waals surface area contributed by atoms with Crippen LogP contribution in [-0.4, -0.2) is 43.0 Å². The largest absolute Gasteiger partial charge is 0.497 e. The molecule has 0 aliphatic carbocycles. The van der Waals surface area contributed by atoms with E-state index in [-0.39, 0.29) is 18.2 Å². The summed E-state index contributed by atoms with van der Waals surface area (Å²) in [7, 11) is 1.62. The molecule has 1 atom stereocenters. The number of carbonyl (C=O) groups excluding carboxylic acids is 2. The van der Waals surface area contributed by atoms with Crippen molar-refractivity contribution in [1.29, 1.82) is 0 Å². The molecule has 0 saturated carbocycles. The highest BCUT2D eigenvalue weighted by Crippen LogP contribution is 2.19. The first-order valence-corrected chi connectivity index (χ1v) is 12.5. The number of methoxy groups -OCH3 is 1. The van der Waals surface area contributed by atoms with Crippen LogP contribution in [0, 0.1) is 0 Å². The number of nitrogens with zero attached hydrogens (tertiary/aromatic N) is 1. The predicted molar refractivity (Wildman–Crippen MR) is 142 cm³/mol. The Morgan fingerprint density at radius 2 is 1.56 bits per heavy atom. The highest BCUT2D eigenvalue weighted by atomic mass is 16.5. The van der Waals surface area contributed by atoms with E-state index in [1.165, 1.54) is 0 Å². The average Bonchev–Trinajstić information content (AvgIpc) is 2.92. The third-order valence-electron chi connectivity index (χ3n) is 5.85. The van der Waals surface area contributed by atoms with E-state index in [2.05, 4.69) is 5.32 Å². The van der Waals surface area contributed by atoms with E-state index < -0.39 is 6.04 Å². The van der Waals surface area contributed by atoms with Crippen molar-refractivity contribution in [3.8, 4) is 11.5 Å². The molecule has 190 valence electrons. The first kappa shape index (κ1) is 26.8. The molecule has 0 saturated heterocycles. The zero-order valence-corrected chi connectivity index (χ0v) is 21.2. The Balaban J connectivity index is 1.80. The number of para-hydroxylation sites is 1. The Hall–Kier alpha value is -3.80. The summed E-state index contributed by atoms with van der Waals surface area (Å²) in [5, 5.41) is 3.00. The van der Waals surface area contributed by atoms with E-state index in [0.29, 0.717) is 38.3 Å². The summed E-state index contributed by atoms with van der Waals surface area (Å²) >= 11 is 0. The van der Waals surface area contributed by atoms with Crippen molar-refractivity contribution in [3.63, 3.8) is 0 Å². The second kappa shape index (κ2) is 14.6. The van der Waals surface area contributed by atoms with Crippen LogP contribution in [0.4, 0.5) is 0 Å². The summed E-state index contributed by atoms with van der Waals surface area (Å²) in [6.07, 6.45) is 2.09. The average molecular weight is 489 g/mol. The number of ether oxygens (including phenoxy) is 2. The van der Waals surface area contributed by atoms with Crippen LogP contribution in [0.15, 0.2) is 84.9 Å². The highest BCUT2D eigenvalue weighted by Gasteiger charge is 2.30. The lowest BCUT2D eigenvalue weighted by atomic mass is 10.0. The third-order valence-corrected chi connectivity index (χ3v) is 5.85. The van der Waals surface area contributed by atoms with Crippen LogP contribution in [0.25, 0.3) is 0 Å². The van der Waals surface area contributed by atoms with Crippen molar-refractivity contribution in [2.75, 3.05) is 20.3 Å². The molecule has 3 aromatic carbocycles. The van der Waals surface area contributed by atoms with Gasteiger partial charge in [0, 0.05) is 25.9 Å². The van der Waals surface area contributed by atoms with Gasteiger partial charge < -0.3 is 19.7 Å². The molecular weight excluding hydrogens is 452 g/mol. The minimum atomic E-state index is -0.632. The van der Waals surface area contributed by atoms with Crippen LogP contribution in [-0.2, 0) is 22.6 Å². The molecule has 0 fully saturated rings. The van der Waals surface area contributed by atoms with Crippen molar-refractivity contribution in [2.45, 2.75) is 45.2 Å². The number of hydrogen-bond donors (Lipinski definition) is 1. The van der Waals surface area contributed by atoms with Crippen molar-refractivity contribution < 1.29 is 19.1 Å². The van der Waals surface area contributed by atoms with Gasteiger partial charge in [-0.2, -0.15) is 0 Å². The van der Waals surface area contributed by atoms with Gasteiger partial charge in [0.05, 0.1) is 13.7 Å². The molecule has 0 radical (unpaired) electrons. The van der Waals surface area contributed by atoms with E-state index in [1.54, 1.807) is 12.0 Å². The van der Waals surface area contributed by atoms with Crippen LogP contribution >= 0.6 is 0 Å². The smallest absolute Gasteiger partial charge is 0.243 e. The van der Waals surface area contributed by atoms with Crippen molar-refractivity contribution >= 4 is 11.8 Å². The molecule has 2 amide bonds. The first-order chi connectivity index (χ1) is 17.6. The maximum Gasteiger partial charge on any atom is 0.243 e. The maximum absolute atomic E-state index is 13.6. The van der Waals surface area contributed by atoms with Crippen molar-refractivity contribution in [2.24, 2.45) is 0 Å². The monoisotopic (exact) mass is 488 g/mol. The van der Waals surface area contributed by atoms with Gasteiger partial charge in [-0.25, -0.2) is 0 Å². The molecule has 0 heterocycles. The number of nitrogens with one attached hydrogen (secondary N) is 1. The van der Waals surface area contributed by atoms with Gasteiger partial charge in [0.2, 0.25) is 11.8 Å². The first-order valence-electron chi connectivity index (χ1n) is 12.5. The predicted octanol–water partition coefficient (Wildman–Crippen LogP) is 5.02. The van der Waals surface area contributed by atoms with Crippen molar-refractivity contribution in [1.82, 2.24) is 10.2 Å². The molecule has 1 unspecified atom stereocenters. The number of benzene rings is 3. The van der Waals surface area contributed by atoms with Gasteiger partial charge in [0.15, 0.2) is 0 Å². The summed E-state index contributed by atoms with van der Waals surface area (Å²) in [6, 6.07) is 26.4. The summed E-state index contributed by atoms with van der Waals surface area (Å²) in [6.45, 7) is 3.31. The molecular formula is C30H36N2O4. The third kappa shape index (κ3) is 8.45. The molecule has 0 aromatic heterocycles. The van der Waals surface area contributed by atoms with Crippen LogP contribution in [0.3, 0.4) is 0 Å². The van der Waals surface area contributed by atoms with Gasteiger partial charge in [-0.05, 0) is 48.2 Å². The Morgan fingerprint density at radius 1 is 0.889 bits per heavy atom. The SMILES string of the molecule is CCCNC(=O)C(Cc1ccccc1)N(Cc1cccc(OC)c1)C(=O)CCCOc1ccccc1. The van der Waals surface area contributed by atoms with E-state index >= 15 is 0 Å². The fraction of sp³-hybridized carbons (Fsp3) is 0.333. The second-order valence-electron chi connectivity index (χ2n) is 8.63. The zero-order valence-electron chi connectivity index (χ0n) is 21.2. The Bertz CT molecular complexity index is 1070.